The number of nitrogens with two attached hydrogens (primary N) is 1. The van der Waals surface area contributed by atoms with E-state index in [1.807, 2.05) is 0 Å². The number of hydrogen-bond acceptors (Lipinski definition) is 2. The quantitative estimate of drug-likeness (QED) is 0.865. The van der Waals surface area contributed by atoms with Crippen molar-refractivity contribution in [1.82, 2.24) is 0 Å². The summed E-state index contributed by atoms with van der Waals surface area (Å²) in [6.45, 7) is 3.55. The van der Waals surface area contributed by atoms with Crippen LogP contribution in [0.2, 0.25) is 0 Å². The molecule has 0 atom stereocenters. The third-order valence-corrected chi connectivity index (χ3v) is 3.94. The molecule has 1 saturated carbocycles. The van der Waals surface area contributed by atoms with E-state index >= 15 is 0 Å². The minimum atomic E-state index is -0.0678. The van der Waals surface area contributed by atoms with Crippen LogP contribution in [0.25, 0.3) is 0 Å². The van der Waals surface area contributed by atoms with E-state index in [0.717, 1.165) is 19.3 Å². The Morgan fingerprint density at radius 3 is 2.28 bits per heavy atom. The van der Waals surface area contributed by atoms with Gasteiger partial charge in [-0.3, -0.25) is 0 Å². The van der Waals surface area contributed by atoms with Crippen molar-refractivity contribution in [2.75, 3.05) is 6.61 Å². The van der Waals surface area contributed by atoms with Crippen molar-refractivity contribution >= 4 is 0 Å². The lowest BCUT2D eigenvalue weighted by molar-refractivity contribution is 0.0574. The fourth-order valence-electron chi connectivity index (χ4n) is 2.64. The molecule has 1 aliphatic rings. The molecule has 1 aromatic carbocycles. The molecule has 0 aromatic heterocycles. The number of hydrogen-bond donors (Lipinski definition) is 1. The predicted octanol–water partition coefficient (Wildman–Crippen LogP) is 3.43. The van der Waals surface area contributed by atoms with Crippen LogP contribution in [0, 0.1) is 0 Å². The molecule has 100 valence electrons. The van der Waals surface area contributed by atoms with Crippen molar-refractivity contribution in [2.24, 2.45) is 5.73 Å². The molecule has 0 spiro atoms. The zero-order valence-electron chi connectivity index (χ0n) is 11.5. The first kappa shape index (κ1) is 13.6. The van der Waals surface area contributed by atoms with Crippen LogP contribution < -0.4 is 5.73 Å². The molecule has 0 radical (unpaired) electrons. The minimum absolute atomic E-state index is 0.0678. The van der Waals surface area contributed by atoms with Gasteiger partial charge in [0, 0.05) is 5.54 Å². The van der Waals surface area contributed by atoms with Gasteiger partial charge in [-0.2, -0.15) is 0 Å². The van der Waals surface area contributed by atoms with Crippen LogP contribution in [0.1, 0.15) is 50.2 Å². The summed E-state index contributed by atoms with van der Waals surface area (Å²) in [5.41, 5.74) is 8.89. The van der Waals surface area contributed by atoms with Gasteiger partial charge in [0.1, 0.15) is 0 Å². The first-order valence-electron chi connectivity index (χ1n) is 7.16. The molecule has 2 rings (SSSR count). The monoisotopic (exact) mass is 247 g/mol. The average molecular weight is 247 g/mol. The first-order valence-corrected chi connectivity index (χ1v) is 7.16. The van der Waals surface area contributed by atoms with E-state index in [1.54, 1.807) is 0 Å². The van der Waals surface area contributed by atoms with E-state index in [1.165, 1.54) is 30.4 Å². The summed E-state index contributed by atoms with van der Waals surface area (Å²) in [4.78, 5) is 0. The Morgan fingerprint density at radius 1 is 1.06 bits per heavy atom. The normalized spacial score (nSPS) is 18.8. The highest BCUT2D eigenvalue weighted by Gasteiger charge is 2.27. The Hall–Kier alpha value is -0.860. The van der Waals surface area contributed by atoms with Gasteiger partial charge in [-0.25, -0.2) is 0 Å². The fourth-order valence-corrected chi connectivity index (χ4v) is 2.64. The van der Waals surface area contributed by atoms with Crippen molar-refractivity contribution in [2.45, 2.75) is 57.6 Å². The Labute approximate surface area is 111 Å². The zero-order chi connectivity index (χ0) is 12.8. The molecule has 0 unspecified atom stereocenters. The number of aryl methyl sites for hydroxylation is 1. The molecule has 0 saturated heterocycles. The maximum absolute atomic E-state index is 6.34. The number of benzene rings is 1. The van der Waals surface area contributed by atoms with Crippen molar-refractivity contribution in [3.8, 4) is 0 Å². The molecule has 18 heavy (non-hydrogen) atoms. The summed E-state index contributed by atoms with van der Waals surface area (Å²) >= 11 is 0. The third-order valence-electron chi connectivity index (χ3n) is 3.94. The molecule has 2 heteroatoms. The summed E-state index contributed by atoms with van der Waals surface area (Å²) in [5.74, 6) is 0. The average Bonchev–Trinajstić information content (AvgIpc) is 2.40. The van der Waals surface area contributed by atoms with Gasteiger partial charge >= 0.3 is 0 Å². The molecule has 0 heterocycles. The lowest BCUT2D eigenvalue weighted by atomic mass is 9.83. The molecule has 1 aliphatic carbocycles. The highest BCUT2D eigenvalue weighted by atomic mass is 16.5. The highest BCUT2D eigenvalue weighted by Crippen LogP contribution is 2.26. The van der Waals surface area contributed by atoms with E-state index in [2.05, 4.69) is 31.2 Å². The molecular weight excluding hydrogens is 222 g/mol. The van der Waals surface area contributed by atoms with Crippen LogP contribution in [0.5, 0.6) is 0 Å². The van der Waals surface area contributed by atoms with Crippen LogP contribution >= 0.6 is 0 Å². The van der Waals surface area contributed by atoms with Gasteiger partial charge in [0.15, 0.2) is 0 Å². The standard InChI is InChI=1S/C16H25NO/c1-2-14-6-8-15(9-7-14)12-18-13-16(17)10-4-3-5-11-16/h6-9H,2-5,10-13,17H2,1H3. The molecule has 0 aliphatic heterocycles. The van der Waals surface area contributed by atoms with Gasteiger partial charge in [0.2, 0.25) is 0 Å². The lowest BCUT2D eigenvalue weighted by Crippen LogP contribution is -2.46. The lowest BCUT2D eigenvalue weighted by Gasteiger charge is -2.33. The predicted molar refractivity (Wildman–Crippen MR) is 75.5 cm³/mol. The van der Waals surface area contributed by atoms with Gasteiger partial charge in [-0.15, -0.1) is 0 Å². The second-order valence-electron chi connectivity index (χ2n) is 5.59. The second-order valence-corrected chi connectivity index (χ2v) is 5.59. The van der Waals surface area contributed by atoms with E-state index in [4.69, 9.17) is 10.5 Å². The Bertz CT molecular complexity index is 352. The third kappa shape index (κ3) is 3.82. The van der Waals surface area contributed by atoms with Crippen molar-refractivity contribution in [1.29, 1.82) is 0 Å². The highest BCUT2D eigenvalue weighted by molar-refractivity contribution is 5.21. The molecule has 0 amide bonds. The van der Waals surface area contributed by atoms with Crippen LogP contribution in [-0.4, -0.2) is 12.1 Å². The smallest absolute Gasteiger partial charge is 0.0717 e. The molecule has 1 aromatic rings. The van der Waals surface area contributed by atoms with Crippen LogP contribution in [0.3, 0.4) is 0 Å². The Morgan fingerprint density at radius 2 is 1.67 bits per heavy atom. The zero-order valence-corrected chi connectivity index (χ0v) is 11.5. The topological polar surface area (TPSA) is 35.2 Å². The first-order chi connectivity index (χ1) is 8.72. The van der Waals surface area contributed by atoms with Crippen molar-refractivity contribution in [3.63, 3.8) is 0 Å². The number of rotatable bonds is 5. The van der Waals surface area contributed by atoms with Crippen LogP contribution in [0.4, 0.5) is 0 Å². The van der Waals surface area contributed by atoms with Gasteiger partial charge in [-0.1, -0.05) is 50.5 Å². The summed E-state index contributed by atoms with van der Waals surface area (Å²) in [6.07, 6.45) is 7.16. The van der Waals surface area contributed by atoms with Crippen LogP contribution in [-0.2, 0) is 17.8 Å². The fraction of sp³-hybridized carbons (Fsp3) is 0.625. The SMILES string of the molecule is CCc1ccc(COCC2(N)CCCCC2)cc1. The van der Waals surface area contributed by atoms with Gasteiger partial charge in [0.05, 0.1) is 13.2 Å². The Kier molecular flexibility index (Phi) is 4.79. The van der Waals surface area contributed by atoms with Crippen molar-refractivity contribution in [3.05, 3.63) is 35.4 Å². The summed E-state index contributed by atoms with van der Waals surface area (Å²) in [5, 5.41) is 0. The van der Waals surface area contributed by atoms with E-state index < -0.39 is 0 Å². The minimum Gasteiger partial charge on any atom is -0.375 e. The largest absolute Gasteiger partial charge is 0.375 e. The van der Waals surface area contributed by atoms with Crippen LogP contribution in [0.15, 0.2) is 24.3 Å². The molecular formula is C16H25NO. The van der Waals surface area contributed by atoms with Gasteiger partial charge in [-0.05, 0) is 30.4 Å². The molecule has 2 N–H and O–H groups in total. The van der Waals surface area contributed by atoms with Gasteiger partial charge in [0.25, 0.3) is 0 Å². The maximum Gasteiger partial charge on any atom is 0.0717 e. The van der Waals surface area contributed by atoms with E-state index in [9.17, 15) is 0 Å². The second kappa shape index (κ2) is 6.35. The van der Waals surface area contributed by atoms with E-state index in [0.29, 0.717) is 13.2 Å². The summed E-state index contributed by atoms with van der Waals surface area (Å²) in [6, 6.07) is 8.67. The van der Waals surface area contributed by atoms with Crippen molar-refractivity contribution < 1.29 is 4.74 Å². The maximum atomic E-state index is 6.34. The number of ether oxygens (including phenoxy) is 1. The van der Waals surface area contributed by atoms with E-state index in [-0.39, 0.29) is 5.54 Å². The molecule has 1 fully saturated rings. The van der Waals surface area contributed by atoms with Gasteiger partial charge < -0.3 is 10.5 Å². The summed E-state index contributed by atoms with van der Waals surface area (Å²) in [7, 11) is 0. The Balaban J connectivity index is 1.77. The molecule has 2 nitrogen and oxygen atoms in total. The summed E-state index contributed by atoms with van der Waals surface area (Å²) < 4.78 is 5.81. The molecule has 0 bridgehead atoms.